The third-order valence-corrected chi connectivity index (χ3v) is 4.66. The first kappa shape index (κ1) is 16.4. The van der Waals surface area contributed by atoms with Crippen molar-refractivity contribution in [1.82, 2.24) is 5.32 Å². The molecule has 0 aliphatic heterocycles. The number of nitrogens with one attached hydrogen (secondary N) is 1. The molecule has 0 saturated heterocycles. The van der Waals surface area contributed by atoms with Crippen LogP contribution in [0.1, 0.15) is 56.6 Å². The Balaban J connectivity index is 2.01. The summed E-state index contributed by atoms with van der Waals surface area (Å²) in [4.78, 5) is 0. The van der Waals surface area contributed by atoms with Crippen LogP contribution in [0.4, 0.5) is 0 Å². The quantitative estimate of drug-likeness (QED) is 0.779. The van der Waals surface area contributed by atoms with Crippen molar-refractivity contribution in [3.05, 3.63) is 29.3 Å². The number of methoxy groups -OCH3 is 1. The van der Waals surface area contributed by atoms with Gasteiger partial charge in [0, 0.05) is 6.04 Å². The standard InChI is InChI=1S/C19H31NO/c1-4-11-20-18-8-6-5-7-16(14-18)13-17-12-15(2)9-10-19(17)21-3/h9-10,12,16,18,20H,4-8,11,13-14H2,1-3H3. The Hall–Kier alpha value is -1.02. The lowest BCUT2D eigenvalue weighted by Gasteiger charge is -2.22. The summed E-state index contributed by atoms with van der Waals surface area (Å²) in [6, 6.07) is 7.28. The van der Waals surface area contributed by atoms with Gasteiger partial charge in [0.15, 0.2) is 0 Å². The minimum absolute atomic E-state index is 0.716. The molecule has 0 amide bonds. The summed E-state index contributed by atoms with van der Waals surface area (Å²) in [5.41, 5.74) is 2.72. The summed E-state index contributed by atoms with van der Waals surface area (Å²) in [6.45, 7) is 5.57. The summed E-state index contributed by atoms with van der Waals surface area (Å²) in [7, 11) is 1.78. The van der Waals surface area contributed by atoms with Gasteiger partial charge in [-0.05, 0) is 56.7 Å². The fourth-order valence-electron chi connectivity index (χ4n) is 3.56. The van der Waals surface area contributed by atoms with Crippen LogP contribution in [-0.4, -0.2) is 19.7 Å². The van der Waals surface area contributed by atoms with Gasteiger partial charge in [-0.15, -0.1) is 0 Å². The summed E-state index contributed by atoms with van der Waals surface area (Å²) < 4.78 is 5.55. The molecule has 21 heavy (non-hydrogen) atoms. The highest BCUT2D eigenvalue weighted by atomic mass is 16.5. The fourth-order valence-corrected chi connectivity index (χ4v) is 3.56. The van der Waals surface area contributed by atoms with Gasteiger partial charge >= 0.3 is 0 Å². The van der Waals surface area contributed by atoms with Crippen molar-refractivity contribution in [2.24, 2.45) is 5.92 Å². The van der Waals surface area contributed by atoms with Crippen LogP contribution in [0.3, 0.4) is 0 Å². The van der Waals surface area contributed by atoms with Gasteiger partial charge in [0.2, 0.25) is 0 Å². The van der Waals surface area contributed by atoms with Crippen LogP contribution in [0.15, 0.2) is 18.2 Å². The molecule has 1 fully saturated rings. The minimum Gasteiger partial charge on any atom is -0.496 e. The van der Waals surface area contributed by atoms with E-state index in [1.807, 2.05) is 0 Å². The van der Waals surface area contributed by atoms with Gasteiger partial charge in [0.05, 0.1) is 7.11 Å². The maximum Gasteiger partial charge on any atom is 0.122 e. The predicted molar refractivity (Wildman–Crippen MR) is 90.1 cm³/mol. The molecule has 2 heteroatoms. The van der Waals surface area contributed by atoms with Crippen LogP contribution in [0.5, 0.6) is 5.75 Å². The van der Waals surface area contributed by atoms with Crippen molar-refractivity contribution < 1.29 is 4.74 Å². The average Bonchev–Trinajstić information content (AvgIpc) is 2.70. The monoisotopic (exact) mass is 289 g/mol. The first-order valence-corrected chi connectivity index (χ1v) is 8.59. The van der Waals surface area contributed by atoms with E-state index < -0.39 is 0 Å². The number of aryl methyl sites for hydroxylation is 1. The number of hydrogen-bond donors (Lipinski definition) is 1. The highest BCUT2D eigenvalue weighted by Gasteiger charge is 2.21. The molecule has 1 aliphatic rings. The van der Waals surface area contributed by atoms with Gasteiger partial charge in [-0.25, -0.2) is 0 Å². The summed E-state index contributed by atoms with van der Waals surface area (Å²) in [5, 5.41) is 3.74. The second-order valence-electron chi connectivity index (χ2n) is 6.56. The predicted octanol–water partition coefficient (Wildman–Crippen LogP) is 4.49. The molecule has 0 radical (unpaired) electrons. The van der Waals surface area contributed by atoms with E-state index in [9.17, 15) is 0 Å². The van der Waals surface area contributed by atoms with E-state index in [-0.39, 0.29) is 0 Å². The van der Waals surface area contributed by atoms with Gasteiger partial charge < -0.3 is 10.1 Å². The van der Waals surface area contributed by atoms with Crippen LogP contribution in [0.25, 0.3) is 0 Å². The van der Waals surface area contributed by atoms with Crippen molar-refractivity contribution in [1.29, 1.82) is 0 Å². The van der Waals surface area contributed by atoms with Crippen LogP contribution >= 0.6 is 0 Å². The highest BCUT2D eigenvalue weighted by molar-refractivity contribution is 5.37. The van der Waals surface area contributed by atoms with Crippen LogP contribution in [0.2, 0.25) is 0 Å². The SMILES string of the molecule is CCCNC1CCCCC(Cc2cc(C)ccc2OC)C1. The largest absolute Gasteiger partial charge is 0.496 e. The molecular formula is C19H31NO. The lowest BCUT2D eigenvalue weighted by molar-refractivity contribution is 0.371. The van der Waals surface area contributed by atoms with E-state index in [0.29, 0.717) is 6.04 Å². The maximum absolute atomic E-state index is 5.55. The summed E-state index contributed by atoms with van der Waals surface area (Å²) in [6.07, 6.45) is 9.17. The third kappa shape index (κ3) is 5.03. The molecule has 2 nitrogen and oxygen atoms in total. The molecule has 1 N–H and O–H groups in total. The zero-order valence-corrected chi connectivity index (χ0v) is 14.0. The summed E-state index contributed by atoms with van der Waals surface area (Å²) >= 11 is 0. The first-order valence-electron chi connectivity index (χ1n) is 8.59. The van der Waals surface area contributed by atoms with E-state index in [4.69, 9.17) is 4.74 Å². The van der Waals surface area contributed by atoms with Crippen molar-refractivity contribution in [2.45, 2.75) is 64.8 Å². The zero-order chi connectivity index (χ0) is 15.1. The van der Waals surface area contributed by atoms with E-state index in [1.54, 1.807) is 7.11 Å². The van der Waals surface area contributed by atoms with Crippen LogP contribution in [0, 0.1) is 12.8 Å². The number of benzene rings is 1. The maximum atomic E-state index is 5.55. The van der Waals surface area contributed by atoms with Gasteiger partial charge in [0.1, 0.15) is 5.75 Å². The molecular weight excluding hydrogens is 258 g/mol. The van der Waals surface area contributed by atoms with Gasteiger partial charge in [-0.1, -0.05) is 43.9 Å². The molecule has 2 unspecified atom stereocenters. The second kappa shape index (κ2) is 8.43. The molecule has 0 heterocycles. The first-order chi connectivity index (χ1) is 10.2. The summed E-state index contributed by atoms with van der Waals surface area (Å²) in [5.74, 6) is 1.85. The third-order valence-electron chi connectivity index (χ3n) is 4.66. The molecule has 2 atom stereocenters. The van der Waals surface area contributed by atoms with E-state index in [2.05, 4.69) is 37.4 Å². The molecule has 1 aromatic rings. The Morgan fingerprint density at radius 3 is 2.81 bits per heavy atom. The normalized spacial score (nSPS) is 22.8. The molecule has 2 rings (SSSR count). The molecule has 1 saturated carbocycles. The van der Waals surface area contributed by atoms with Crippen LogP contribution < -0.4 is 10.1 Å². The molecule has 0 aromatic heterocycles. The second-order valence-corrected chi connectivity index (χ2v) is 6.56. The molecule has 0 spiro atoms. The van der Waals surface area contributed by atoms with E-state index in [1.165, 1.54) is 49.7 Å². The average molecular weight is 289 g/mol. The Labute approximate surface area is 130 Å². The Kier molecular flexibility index (Phi) is 6.56. The highest BCUT2D eigenvalue weighted by Crippen LogP contribution is 2.30. The number of hydrogen-bond acceptors (Lipinski definition) is 2. The van der Waals surface area contributed by atoms with Gasteiger partial charge in [-0.2, -0.15) is 0 Å². The number of rotatable bonds is 6. The number of ether oxygens (including phenoxy) is 1. The molecule has 118 valence electrons. The Morgan fingerprint density at radius 2 is 2.05 bits per heavy atom. The topological polar surface area (TPSA) is 21.3 Å². The van der Waals surface area contributed by atoms with Crippen molar-refractivity contribution in [2.75, 3.05) is 13.7 Å². The minimum atomic E-state index is 0.716. The fraction of sp³-hybridized carbons (Fsp3) is 0.684. The van der Waals surface area contributed by atoms with E-state index >= 15 is 0 Å². The van der Waals surface area contributed by atoms with Crippen molar-refractivity contribution in [3.63, 3.8) is 0 Å². The molecule has 1 aliphatic carbocycles. The zero-order valence-electron chi connectivity index (χ0n) is 14.0. The Bertz CT molecular complexity index is 430. The van der Waals surface area contributed by atoms with Crippen molar-refractivity contribution in [3.8, 4) is 5.75 Å². The van der Waals surface area contributed by atoms with Gasteiger partial charge in [-0.3, -0.25) is 0 Å². The molecule has 0 bridgehead atoms. The van der Waals surface area contributed by atoms with Crippen LogP contribution in [-0.2, 0) is 6.42 Å². The lowest BCUT2D eigenvalue weighted by atomic mass is 9.90. The molecule has 1 aromatic carbocycles. The Morgan fingerprint density at radius 1 is 1.24 bits per heavy atom. The van der Waals surface area contributed by atoms with Crippen molar-refractivity contribution >= 4 is 0 Å². The lowest BCUT2D eigenvalue weighted by Crippen LogP contribution is -2.31. The van der Waals surface area contributed by atoms with E-state index in [0.717, 1.165) is 24.6 Å². The van der Waals surface area contributed by atoms with Gasteiger partial charge in [0.25, 0.3) is 0 Å². The smallest absolute Gasteiger partial charge is 0.122 e.